The van der Waals surface area contributed by atoms with Crippen molar-refractivity contribution in [3.8, 4) is 0 Å². The van der Waals surface area contributed by atoms with Crippen LogP contribution in [-0.2, 0) is 17.8 Å². The van der Waals surface area contributed by atoms with Crippen molar-refractivity contribution in [2.45, 2.75) is 38.8 Å². The van der Waals surface area contributed by atoms with Gasteiger partial charge in [-0.2, -0.15) is 5.10 Å². The lowest BCUT2D eigenvalue weighted by atomic mass is 10.1. The number of aliphatic imine (C=N–C) groups is 1. The Kier molecular flexibility index (Phi) is 8.28. The van der Waals surface area contributed by atoms with Gasteiger partial charge in [-0.15, -0.1) is 24.0 Å². The average molecular weight is 435 g/mol. The van der Waals surface area contributed by atoms with Gasteiger partial charge in [-0.3, -0.25) is 4.79 Å². The number of nitrogens with zero attached hydrogens (tertiary/aromatic N) is 5. The first-order chi connectivity index (χ1) is 10.6. The summed E-state index contributed by atoms with van der Waals surface area (Å²) >= 11 is 0. The Balaban J connectivity index is 0.00000264. The number of halogens is 1. The van der Waals surface area contributed by atoms with Crippen LogP contribution in [-0.4, -0.2) is 64.8 Å². The van der Waals surface area contributed by atoms with Gasteiger partial charge in [0.1, 0.15) is 18.7 Å². The predicted octanol–water partition coefficient (Wildman–Crippen LogP) is 0.244. The average Bonchev–Trinajstić information content (AvgIpc) is 2.97. The highest BCUT2D eigenvalue weighted by Gasteiger charge is 2.20. The van der Waals surface area contributed by atoms with Crippen molar-refractivity contribution < 1.29 is 4.79 Å². The quantitative estimate of drug-likeness (QED) is 0.393. The van der Waals surface area contributed by atoms with Gasteiger partial charge in [0.2, 0.25) is 5.91 Å². The van der Waals surface area contributed by atoms with Gasteiger partial charge in [0, 0.05) is 33.1 Å². The van der Waals surface area contributed by atoms with Crippen molar-refractivity contribution >= 4 is 35.8 Å². The number of aromatic nitrogens is 3. The van der Waals surface area contributed by atoms with Crippen LogP contribution >= 0.6 is 24.0 Å². The van der Waals surface area contributed by atoms with Crippen LogP contribution in [0.3, 0.4) is 0 Å². The Morgan fingerprint density at radius 3 is 3.00 bits per heavy atom. The number of carbonyl (C=O) groups is 1. The lowest BCUT2D eigenvalue weighted by Gasteiger charge is -2.25. The van der Waals surface area contributed by atoms with Crippen molar-refractivity contribution in [2.24, 2.45) is 4.99 Å². The van der Waals surface area contributed by atoms with E-state index >= 15 is 0 Å². The zero-order valence-corrected chi connectivity index (χ0v) is 16.3. The number of likely N-dealkylation sites (N-methyl/N-ethyl adjacent to an activating group) is 1. The Morgan fingerprint density at radius 2 is 2.30 bits per heavy atom. The molecule has 0 bridgehead atoms. The van der Waals surface area contributed by atoms with Crippen molar-refractivity contribution in [2.75, 3.05) is 27.2 Å². The van der Waals surface area contributed by atoms with E-state index in [0.29, 0.717) is 5.96 Å². The van der Waals surface area contributed by atoms with Crippen LogP contribution in [0.2, 0.25) is 0 Å². The highest BCUT2D eigenvalue weighted by Crippen LogP contribution is 2.11. The molecule has 9 heteroatoms. The van der Waals surface area contributed by atoms with Crippen molar-refractivity contribution in [3.63, 3.8) is 0 Å². The second kappa shape index (κ2) is 9.68. The molecule has 0 radical (unpaired) electrons. The van der Waals surface area contributed by atoms with E-state index in [4.69, 9.17) is 0 Å². The third-order valence-electron chi connectivity index (χ3n) is 3.56. The molecule has 1 atom stereocenters. The first-order valence-electron chi connectivity index (χ1n) is 7.71. The van der Waals surface area contributed by atoms with E-state index in [0.717, 1.165) is 38.2 Å². The molecule has 8 nitrogen and oxygen atoms in total. The molecular weight excluding hydrogens is 409 g/mol. The molecule has 0 aromatic carbocycles. The van der Waals surface area contributed by atoms with Crippen LogP contribution in [0.5, 0.6) is 0 Å². The van der Waals surface area contributed by atoms with Gasteiger partial charge < -0.3 is 15.5 Å². The molecule has 0 saturated heterocycles. The molecule has 1 aromatic heterocycles. The Hall–Kier alpha value is -1.39. The molecule has 0 saturated carbocycles. The minimum Gasteiger partial charge on any atom is -0.356 e. The fourth-order valence-electron chi connectivity index (χ4n) is 2.23. The van der Waals surface area contributed by atoms with Crippen LogP contribution in [0.25, 0.3) is 0 Å². The lowest BCUT2D eigenvalue weighted by Crippen LogP contribution is -2.47. The summed E-state index contributed by atoms with van der Waals surface area (Å²) in [7, 11) is 3.47. The molecule has 0 spiro atoms. The summed E-state index contributed by atoms with van der Waals surface area (Å²) in [6, 6.07) is 0.242. The van der Waals surface area contributed by atoms with Crippen LogP contribution in [0.4, 0.5) is 0 Å². The number of carbonyl (C=O) groups excluding carboxylic acids is 1. The second-order valence-corrected chi connectivity index (χ2v) is 5.62. The fourth-order valence-corrected chi connectivity index (χ4v) is 2.23. The van der Waals surface area contributed by atoms with E-state index in [9.17, 15) is 4.79 Å². The Labute approximate surface area is 154 Å². The van der Waals surface area contributed by atoms with Gasteiger partial charge in [0.15, 0.2) is 5.96 Å². The SMILES string of the molecule is CCCNC(=NCC(=O)N(C)C)NC1CCc2ncnn2C1.I. The normalized spacial score (nSPS) is 17.0. The molecule has 1 aliphatic rings. The summed E-state index contributed by atoms with van der Waals surface area (Å²) in [5.41, 5.74) is 0. The van der Waals surface area contributed by atoms with E-state index in [2.05, 4.69) is 32.6 Å². The van der Waals surface area contributed by atoms with Gasteiger partial charge in [0.25, 0.3) is 0 Å². The maximum Gasteiger partial charge on any atom is 0.243 e. The third-order valence-corrected chi connectivity index (χ3v) is 3.56. The molecule has 23 heavy (non-hydrogen) atoms. The molecule has 1 unspecified atom stereocenters. The molecule has 130 valence electrons. The minimum absolute atomic E-state index is 0. The van der Waals surface area contributed by atoms with Crippen molar-refractivity contribution in [3.05, 3.63) is 12.2 Å². The lowest BCUT2D eigenvalue weighted by molar-refractivity contribution is -0.127. The molecule has 0 aliphatic carbocycles. The van der Waals surface area contributed by atoms with E-state index in [1.165, 1.54) is 0 Å². The number of aryl methyl sites for hydroxylation is 1. The largest absolute Gasteiger partial charge is 0.356 e. The summed E-state index contributed by atoms with van der Waals surface area (Å²) in [5, 5.41) is 10.9. The van der Waals surface area contributed by atoms with E-state index < -0.39 is 0 Å². The first kappa shape index (κ1) is 19.7. The number of fused-ring (bicyclic) bond motifs is 1. The van der Waals surface area contributed by atoms with Gasteiger partial charge in [-0.1, -0.05) is 6.92 Å². The molecule has 1 aromatic rings. The molecule has 2 rings (SSSR count). The number of amides is 1. The molecule has 0 fully saturated rings. The van der Waals surface area contributed by atoms with Crippen LogP contribution in [0.15, 0.2) is 11.3 Å². The highest BCUT2D eigenvalue weighted by atomic mass is 127. The van der Waals surface area contributed by atoms with E-state index in [1.54, 1.807) is 25.3 Å². The van der Waals surface area contributed by atoms with Gasteiger partial charge in [0.05, 0.1) is 6.54 Å². The standard InChI is InChI=1S/C14H25N7O.HI/c1-4-7-15-14(16-8-13(22)20(2)3)19-11-5-6-12-17-10-18-21(12)9-11;/h10-11H,4-9H2,1-3H3,(H2,15,16,19);1H. The van der Waals surface area contributed by atoms with Crippen molar-refractivity contribution in [1.82, 2.24) is 30.3 Å². The third kappa shape index (κ3) is 5.96. The summed E-state index contributed by atoms with van der Waals surface area (Å²) in [6.07, 6.45) is 4.47. The predicted molar refractivity (Wildman–Crippen MR) is 100.0 cm³/mol. The minimum atomic E-state index is -0.0141. The maximum absolute atomic E-state index is 11.7. The Morgan fingerprint density at radius 1 is 1.52 bits per heavy atom. The smallest absolute Gasteiger partial charge is 0.243 e. The maximum atomic E-state index is 11.7. The van der Waals surface area contributed by atoms with Crippen LogP contribution < -0.4 is 10.6 Å². The number of nitrogens with one attached hydrogen (secondary N) is 2. The molecule has 1 aliphatic heterocycles. The number of hydrogen-bond acceptors (Lipinski definition) is 4. The molecule has 2 heterocycles. The summed E-state index contributed by atoms with van der Waals surface area (Å²) in [4.78, 5) is 21.8. The summed E-state index contributed by atoms with van der Waals surface area (Å²) in [6.45, 7) is 3.83. The molecular formula is C14H26IN7O. The fraction of sp³-hybridized carbons (Fsp3) is 0.714. The number of guanidine groups is 1. The van der Waals surface area contributed by atoms with Crippen LogP contribution in [0, 0.1) is 0 Å². The Bertz CT molecular complexity index is 529. The molecule has 2 N–H and O–H groups in total. The topological polar surface area (TPSA) is 87.4 Å². The van der Waals surface area contributed by atoms with E-state index in [-0.39, 0.29) is 42.5 Å². The van der Waals surface area contributed by atoms with E-state index in [1.807, 2.05) is 4.68 Å². The number of hydrogen-bond donors (Lipinski definition) is 2. The highest BCUT2D eigenvalue weighted by molar-refractivity contribution is 14.0. The zero-order chi connectivity index (χ0) is 15.9. The van der Waals surface area contributed by atoms with Crippen molar-refractivity contribution in [1.29, 1.82) is 0 Å². The summed E-state index contributed by atoms with van der Waals surface area (Å²) < 4.78 is 1.92. The number of rotatable bonds is 5. The van der Waals surface area contributed by atoms with Crippen LogP contribution in [0.1, 0.15) is 25.6 Å². The summed E-state index contributed by atoms with van der Waals surface area (Å²) in [5.74, 6) is 1.70. The monoisotopic (exact) mass is 435 g/mol. The van der Waals surface area contributed by atoms with Gasteiger partial charge in [-0.25, -0.2) is 14.7 Å². The molecule has 1 amide bonds. The van der Waals surface area contributed by atoms with Gasteiger partial charge in [-0.05, 0) is 12.8 Å². The first-order valence-corrected chi connectivity index (χ1v) is 7.71. The van der Waals surface area contributed by atoms with Gasteiger partial charge >= 0.3 is 0 Å². The zero-order valence-electron chi connectivity index (χ0n) is 13.9. The second-order valence-electron chi connectivity index (χ2n) is 5.62.